The maximum atomic E-state index is 9.32. The molecule has 0 saturated heterocycles. The summed E-state index contributed by atoms with van der Waals surface area (Å²) >= 11 is 0. The van der Waals surface area contributed by atoms with Crippen LogP contribution in [-0.4, -0.2) is 56.3 Å². The number of imidazole rings is 1. The lowest BCUT2D eigenvalue weighted by atomic mass is 9.92. The number of fused-ring (bicyclic) bond motifs is 1. The third-order valence-corrected chi connectivity index (χ3v) is 3.24. The highest BCUT2D eigenvalue weighted by Crippen LogP contribution is 2.17. The smallest absolute Gasteiger partial charge is 0.155 e. The molecule has 0 saturated carbocycles. The van der Waals surface area contributed by atoms with Gasteiger partial charge in [0, 0.05) is 30.9 Å². The van der Waals surface area contributed by atoms with Gasteiger partial charge in [0.15, 0.2) is 5.65 Å². The first-order valence-electron chi connectivity index (χ1n) is 6.24. The Labute approximate surface area is 112 Å². The summed E-state index contributed by atoms with van der Waals surface area (Å²) in [5.74, 6) is 0. The molecule has 0 aliphatic carbocycles. The molecule has 0 aliphatic rings. The van der Waals surface area contributed by atoms with Crippen LogP contribution in [0.3, 0.4) is 0 Å². The highest BCUT2D eigenvalue weighted by molar-refractivity contribution is 5.36. The Morgan fingerprint density at radius 3 is 2.74 bits per heavy atom. The minimum absolute atomic E-state index is 0.0368. The minimum atomic E-state index is -0.489. The molecular weight excluding hydrogens is 244 g/mol. The van der Waals surface area contributed by atoms with Crippen molar-refractivity contribution >= 4 is 5.65 Å². The van der Waals surface area contributed by atoms with Crippen molar-refractivity contribution in [3.05, 3.63) is 30.5 Å². The Morgan fingerprint density at radius 1 is 1.32 bits per heavy atom. The van der Waals surface area contributed by atoms with Gasteiger partial charge in [-0.05, 0) is 7.05 Å². The van der Waals surface area contributed by atoms with Gasteiger partial charge in [0.1, 0.15) is 0 Å². The molecule has 0 radical (unpaired) electrons. The van der Waals surface area contributed by atoms with Crippen LogP contribution in [0.2, 0.25) is 0 Å². The Morgan fingerprint density at radius 2 is 2.05 bits per heavy atom. The van der Waals surface area contributed by atoms with E-state index in [1.165, 1.54) is 0 Å². The van der Waals surface area contributed by atoms with Crippen molar-refractivity contribution in [1.29, 1.82) is 0 Å². The van der Waals surface area contributed by atoms with Gasteiger partial charge in [-0.1, -0.05) is 6.92 Å². The van der Waals surface area contributed by atoms with Crippen molar-refractivity contribution in [2.45, 2.75) is 13.5 Å². The molecule has 0 atom stereocenters. The van der Waals surface area contributed by atoms with Crippen LogP contribution in [-0.2, 0) is 6.54 Å². The van der Waals surface area contributed by atoms with Crippen LogP contribution < -0.4 is 0 Å². The van der Waals surface area contributed by atoms with E-state index in [1.807, 2.05) is 30.8 Å². The van der Waals surface area contributed by atoms with Gasteiger partial charge in [0.05, 0.1) is 31.3 Å². The molecule has 2 aromatic rings. The molecular formula is C13H20N4O2. The van der Waals surface area contributed by atoms with Crippen LogP contribution in [0.5, 0.6) is 0 Å². The van der Waals surface area contributed by atoms with E-state index in [2.05, 4.69) is 14.9 Å². The van der Waals surface area contributed by atoms with E-state index in [0.717, 1.165) is 11.3 Å². The SMILES string of the molecule is CN(Cc1cnc2cnccn12)CC(C)(CO)CO. The van der Waals surface area contributed by atoms with Gasteiger partial charge in [-0.2, -0.15) is 0 Å². The van der Waals surface area contributed by atoms with Crippen LogP contribution in [0.4, 0.5) is 0 Å². The molecule has 0 fully saturated rings. The molecule has 0 aromatic carbocycles. The van der Waals surface area contributed by atoms with Gasteiger partial charge in [0.25, 0.3) is 0 Å². The molecule has 2 rings (SSSR count). The van der Waals surface area contributed by atoms with Gasteiger partial charge in [-0.3, -0.25) is 14.3 Å². The summed E-state index contributed by atoms with van der Waals surface area (Å²) in [6.45, 7) is 3.09. The fourth-order valence-corrected chi connectivity index (χ4v) is 2.15. The zero-order chi connectivity index (χ0) is 13.9. The minimum Gasteiger partial charge on any atom is -0.396 e. The predicted molar refractivity (Wildman–Crippen MR) is 71.6 cm³/mol. The largest absolute Gasteiger partial charge is 0.396 e. The van der Waals surface area contributed by atoms with Crippen LogP contribution in [0.25, 0.3) is 5.65 Å². The Kier molecular flexibility index (Phi) is 4.14. The van der Waals surface area contributed by atoms with Gasteiger partial charge in [0.2, 0.25) is 0 Å². The van der Waals surface area contributed by atoms with E-state index in [0.29, 0.717) is 13.1 Å². The number of hydrogen-bond donors (Lipinski definition) is 2. The van der Waals surface area contributed by atoms with Crippen molar-refractivity contribution in [2.75, 3.05) is 26.8 Å². The summed E-state index contributed by atoms with van der Waals surface area (Å²) < 4.78 is 1.98. The fourth-order valence-electron chi connectivity index (χ4n) is 2.15. The average Bonchev–Trinajstić information content (AvgIpc) is 2.82. The maximum Gasteiger partial charge on any atom is 0.155 e. The fraction of sp³-hybridized carbons (Fsp3) is 0.538. The monoisotopic (exact) mass is 264 g/mol. The van der Waals surface area contributed by atoms with Crippen molar-refractivity contribution in [2.24, 2.45) is 5.41 Å². The number of hydrogen-bond acceptors (Lipinski definition) is 5. The van der Waals surface area contributed by atoms with E-state index >= 15 is 0 Å². The van der Waals surface area contributed by atoms with Crippen LogP contribution in [0.15, 0.2) is 24.8 Å². The van der Waals surface area contributed by atoms with Crippen molar-refractivity contribution in [3.63, 3.8) is 0 Å². The molecule has 104 valence electrons. The maximum absolute atomic E-state index is 9.32. The lowest BCUT2D eigenvalue weighted by molar-refractivity contribution is 0.0398. The van der Waals surface area contributed by atoms with Crippen molar-refractivity contribution in [3.8, 4) is 0 Å². The van der Waals surface area contributed by atoms with Crippen LogP contribution in [0.1, 0.15) is 12.6 Å². The lowest BCUT2D eigenvalue weighted by Gasteiger charge is -2.30. The average molecular weight is 264 g/mol. The first-order chi connectivity index (χ1) is 9.08. The summed E-state index contributed by atoms with van der Waals surface area (Å²) in [7, 11) is 1.96. The second-order valence-corrected chi connectivity index (χ2v) is 5.35. The standard InChI is InChI=1S/C13H20N4O2/c1-13(9-18,10-19)8-16(2)7-11-5-15-12-6-14-3-4-17(11)12/h3-6,18-19H,7-10H2,1-2H3. The zero-order valence-corrected chi connectivity index (χ0v) is 11.3. The summed E-state index contributed by atoms with van der Waals surface area (Å²) in [6.07, 6.45) is 7.14. The first-order valence-corrected chi connectivity index (χ1v) is 6.24. The molecule has 6 heteroatoms. The van der Waals surface area contributed by atoms with Crippen LogP contribution >= 0.6 is 0 Å². The third-order valence-electron chi connectivity index (χ3n) is 3.24. The summed E-state index contributed by atoms with van der Waals surface area (Å²) in [5, 5.41) is 18.6. The lowest BCUT2D eigenvalue weighted by Crippen LogP contribution is -2.38. The Hall–Kier alpha value is -1.50. The number of aromatic nitrogens is 3. The van der Waals surface area contributed by atoms with E-state index in [9.17, 15) is 10.2 Å². The van der Waals surface area contributed by atoms with Gasteiger partial charge in [-0.25, -0.2) is 4.98 Å². The normalized spacial score (nSPS) is 12.5. The molecule has 0 unspecified atom stereocenters. The van der Waals surface area contributed by atoms with E-state index in [1.54, 1.807) is 12.4 Å². The highest BCUT2D eigenvalue weighted by atomic mass is 16.3. The van der Waals surface area contributed by atoms with E-state index < -0.39 is 5.41 Å². The van der Waals surface area contributed by atoms with Gasteiger partial charge >= 0.3 is 0 Å². The molecule has 0 aliphatic heterocycles. The van der Waals surface area contributed by atoms with Crippen molar-refractivity contribution < 1.29 is 10.2 Å². The van der Waals surface area contributed by atoms with Crippen molar-refractivity contribution in [1.82, 2.24) is 19.3 Å². The van der Waals surface area contributed by atoms with Crippen LogP contribution in [0, 0.1) is 5.41 Å². The van der Waals surface area contributed by atoms with Gasteiger partial charge < -0.3 is 10.2 Å². The first kappa shape index (κ1) is 13.9. The van der Waals surface area contributed by atoms with Gasteiger partial charge in [-0.15, -0.1) is 0 Å². The van der Waals surface area contributed by atoms with E-state index in [4.69, 9.17) is 0 Å². The predicted octanol–water partition coefficient (Wildman–Crippen LogP) is 0.152. The molecule has 0 bridgehead atoms. The molecule has 19 heavy (non-hydrogen) atoms. The van der Waals surface area contributed by atoms with E-state index in [-0.39, 0.29) is 13.2 Å². The highest BCUT2D eigenvalue weighted by Gasteiger charge is 2.24. The Balaban J connectivity index is 2.08. The molecule has 2 heterocycles. The quantitative estimate of drug-likeness (QED) is 0.777. The summed E-state index contributed by atoms with van der Waals surface area (Å²) in [4.78, 5) is 10.4. The topological polar surface area (TPSA) is 73.9 Å². The Bertz CT molecular complexity index is 536. The third kappa shape index (κ3) is 3.09. The second-order valence-electron chi connectivity index (χ2n) is 5.35. The zero-order valence-electron chi connectivity index (χ0n) is 11.3. The molecule has 2 N–H and O–H groups in total. The number of aliphatic hydroxyl groups is 2. The molecule has 0 amide bonds. The summed E-state index contributed by atoms with van der Waals surface area (Å²) in [5.41, 5.74) is 1.38. The number of rotatable bonds is 6. The second kappa shape index (κ2) is 5.64. The molecule has 0 spiro atoms. The molecule has 2 aromatic heterocycles. The molecule has 6 nitrogen and oxygen atoms in total. The number of nitrogens with zero attached hydrogens (tertiary/aromatic N) is 4. The number of aliphatic hydroxyl groups excluding tert-OH is 2. The summed E-state index contributed by atoms with van der Waals surface area (Å²) in [6, 6.07) is 0.